The van der Waals surface area contributed by atoms with Crippen molar-refractivity contribution in [1.82, 2.24) is 20.6 Å². The molecule has 2 aromatic carbocycles. The standard InChI is InChI=1S/C23H23ClN6O3/c1-13(28-22(32)20-19(26)21(31)30-23(33)29-20)15-3-2-4-16(9-15)17(10-25)12-27-11-14-5-7-18(24)8-6-14/h2-10,12-13,25,27H,11,26H2,1H3,(H,28,32)(H2,29,30,31,33)/b17-12+,25-10?/t13-/m1/s1. The Kier molecular flexibility index (Phi) is 7.47. The monoisotopic (exact) mass is 466 g/mol. The van der Waals surface area contributed by atoms with Crippen LogP contribution in [0, 0.1) is 5.41 Å². The summed E-state index contributed by atoms with van der Waals surface area (Å²) in [6.07, 6.45) is 2.98. The molecule has 0 saturated carbocycles. The van der Waals surface area contributed by atoms with Crippen LogP contribution in [0.15, 0.2) is 64.3 Å². The number of H-pyrrole nitrogens is 2. The number of rotatable bonds is 8. The summed E-state index contributed by atoms with van der Waals surface area (Å²) in [6.45, 7) is 2.32. The largest absolute Gasteiger partial charge is 0.392 e. The molecule has 0 aliphatic carbocycles. The number of nitrogens with two attached hydrogens (primary N) is 1. The quantitative estimate of drug-likeness (QED) is 0.281. The Morgan fingerprint density at radius 3 is 2.61 bits per heavy atom. The molecule has 33 heavy (non-hydrogen) atoms. The third-order valence-electron chi connectivity index (χ3n) is 4.91. The van der Waals surface area contributed by atoms with Gasteiger partial charge in [0, 0.05) is 29.6 Å². The average molecular weight is 467 g/mol. The summed E-state index contributed by atoms with van der Waals surface area (Å²) in [5, 5.41) is 14.3. The number of aromatic amines is 2. The Labute approximate surface area is 194 Å². The molecule has 1 heterocycles. The van der Waals surface area contributed by atoms with Crippen LogP contribution in [0.2, 0.25) is 5.02 Å². The molecule has 7 N–H and O–H groups in total. The van der Waals surface area contributed by atoms with Gasteiger partial charge in [-0.15, -0.1) is 0 Å². The second-order valence-electron chi connectivity index (χ2n) is 7.27. The second-order valence-corrected chi connectivity index (χ2v) is 7.71. The number of amides is 1. The summed E-state index contributed by atoms with van der Waals surface area (Å²) in [7, 11) is 0. The Morgan fingerprint density at radius 1 is 1.18 bits per heavy atom. The first kappa shape index (κ1) is 23.6. The predicted molar refractivity (Wildman–Crippen MR) is 129 cm³/mol. The van der Waals surface area contributed by atoms with Gasteiger partial charge in [0.05, 0.1) is 6.04 Å². The Bertz CT molecular complexity index is 1310. The van der Waals surface area contributed by atoms with E-state index in [9.17, 15) is 14.4 Å². The number of carbonyl (C=O) groups excluding carboxylic acids is 1. The summed E-state index contributed by atoms with van der Waals surface area (Å²) >= 11 is 5.90. The molecular weight excluding hydrogens is 444 g/mol. The number of nitrogen functional groups attached to an aromatic ring is 1. The van der Waals surface area contributed by atoms with Crippen LogP contribution in [0.3, 0.4) is 0 Å². The van der Waals surface area contributed by atoms with E-state index >= 15 is 0 Å². The van der Waals surface area contributed by atoms with Gasteiger partial charge >= 0.3 is 5.69 Å². The Morgan fingerprint density at radius 2 is 1.91 bits per heavy atom. The molecule has 10 heteroatoms. The fourth-order valence-corrected chi connectivity index (χ4v) is 3.23. The lowest BCUT2D eigenvalue weighted by molar-refractivity contribution is 0.0935. The number of benzene rings is 2. The van der Waals surface area contributed by atoms with Gasteiger partial charge < -0.3 is 26.8 Å². The van der Waals surface area contributed by atoms with Crippen LogP contribution in [-0.4, -0.2) is 22.1 Å². The molecule has 1 amide bonds. The van der Waals surface area contributed by atoms with Crippen molar-refractivity contribution >= 4 is 35.0 Å². The third kappa shape index (κ3) is 5.98. The highest BCUT2D eigenvalue weighted by atomic mass is 35.5. The zero-order chi connectivity index (χ0) is 24.0. The number of allylic oxidation sites excluding steroid dienone is 1. The van der Waals surface area contributed by atoms with E-state index < -0.39 is 23.2 Å². The SMILES string of the molecule is C[C@@H](NC(=O)c1[nH]c(=O)[nH]c(=O)c1N)c1cccc(/C(C=N)=C/NCc2ccc(Cl)cc2)c1. The first-order valence-corrected chi connectivity index (χ1v) is 10.4. The lowest BCUT2D eigenvalue weighted by Crippen LogP contribution is -2.34. The van der Waals surface area contributed by atoms with Crippen LogP contribution >= 0.6 is 11.6 Å². The van der Waals surface area contributed by atoms with Gasteiger partial charge in [-0.2, -0.15) is 0 Å². The highest BCUT2D eigenvalue weighted by Crippen LogP contribution is 2.19. The molecule has 0 aliphatic heterocycles. The van der Waals surface area contributed by atoms with E-state index in [0.717, 1.165) is 16.7 Å². The molecule has 3 rings (SSSR count). The molecule has 0 fully saturated rings. The predicted octanol–water partition coefficient (Wildman–Crippen LogP) is 2.57. The van der Waals surface area contributed by atoms with E-state index in [4.69, 9.17) is 22.7 Å². The zero-order valence-corrected chi connectivity index (χ0v) is 18.5. The fourth-order valence-electron chi connectivity index (χ4n) is 3.10. The molecule has 0 saturated heterocycles. The topological polar surface area (TPSA) is 157 Å². The van der Waals surface area contributed by atoms with Crippen molar-refractivity contribution in [1.29, 1.82) is 5.41 Å². The first-order valence-electron chi connectivity index (χ1n) is 10.00. The number of anilines is 1. The third-order valence-corrected chi connectivity index (χ3v) is 5.16. The lowest BCUT2D eigenvalue weighted by Gasteiger charge is -2.16. The van der Waals surface area contributed by atoms with Crippen LogP contribution in [0.25, 0.3) is 5.57 Å². The number of halogens is 1. The average Bonchev–Trinajstić information content (AvgIpc) is 2.80. The van der Waals surface area contributed by atoms with Gasteiger partial charge in [0.25, 0.3) is 11.5 Å². The Hall–Kier alpha value is -4.11. The van der Waals surface area contributed by atoms with E-state index in [1.165, 1.54) is 6.21 Å². The van der Waals surface area contributed by atoms with Gasteiger partial charge in [-0.1, -0.05) is 41.9 Å². The molecular formula is C23H23ClN6O3. The highest BCUT2D eigenvalue weighted by Gasteiger charge is 2.17. The summed E-state index contributed by atoms with van der Waals surface area (Å²) in [4.78, 5) is 39.9. The maximum atomic E-state index is 12.5. The van der Waals surface area contributed by atoms with E-state index in [1.807, 2.05) is 53.5 Å². The Balaban J connectivity index is 1.73. The van der Waals surface area contributed by atoms with Crippen molar-refractivity contribution in [3.63, 3.8) is 0 Å². The molecule has 0 unspecified atom stereocenters. The molecule has 3 aromatic rings. The summed E-state index contributed by atoms with van der Waals surface area (Å²) in [5.74, 6) is -0.680. The number of hydrogen-bond acceptors (Lipinski definition) is 6. The van der Waals surface area contributed by atoms with Crippen LogP contribution in [-0.2, 0) is 6.54 Å². The minimum absolute atomic E-state index is 0.293. The maximum absolute atomic E-state index is 12.5. The van der Waals surface area contributed by atoms with Crippen LogP contribution in [0.1, 0.15) is 40.1 Å². The molecule has 0 radical (unpaired) electrons. The zero-order valence-electron chi connectivity index (χ0n) is 17.7. The molecule has 1 aromatic heterocycles. The molecule has 0 bridgehead atoms. The minimum Gasteiger partial charge on any atom is -0.392 e. The minimum atomic E-state index is -0.828. The first-order chi connectivity index (χ1) is 15.8. The van der Waals surface area contributed by atoms with Gasteiger partial charge in [-0.25, -0.2) is 4.79 Å². The second kappa shape index (κ2) is 10.5. The van der Waals surface area contributed by atoms with Gasteiger partial charge in [-0.05, 0) is 41.8 Å². The van der Waals surface area contributed by atoms with Crippen molar-refractivity contribution < 1.29 is 4.79 Å². The number of carbonyl (C=O) groups is 1. The maximum Gasteiger partial charge on any atom is 0.326 e. The van der Waals surface area contributed by atoms with E-state index in [-0.39, 0.29) is 11.4 Å². The van der Waals surface area contributed by atoms with Crippen molar-refractivity contribution in [2.75, 3.05) is 5.73 Å². The van der Waals surface area contributed by atoms with Gasteiger partial charge in [0.1, 0.15) is 11.4 Å². The summed E-state index contributed by atoms with van der Waals surface area (Å²) in [5.41, 5.74) is 6.54. The number of hydrogen-bond donors (Lipinski definition) is 6. The van der Waals surface area contributed by atoms with Gasteiger partial charge in [-0.3, -0.25) is 14.6 Å². The lowest BCUT2D eigenvalue weighted by atomic mass is 10.0. The number of aromatic nitrogens is 2. The van der Waals surface area contributed by atoms with E-state index in [2.05, 4.69) is 15.6 Å². The van der Waals surface area contributed by atoms with Crippen LogP contribution in [0.4, 0.5) is 5.69 Å². The molecule has 9 nitrogen and oxygen atoms in total. The van der Waals surface area contributed by atoms with Gasteiger partial charge in [0.2, 0.25) is 0 Å². The fraction of sp³-hybridized carbons (Fsp3) is 0.130. The summed E-state index contributed by atoms with van der Waals surface area (Å²) in [6, 6.07) is 14.3. The van der Waals surface area contributed by atoms with Crippen molar-refractivity contribution in [3.05, 3.63) is 103 Å². The summed E-state index contributed by atoms with van der Waals surface area (Å²) < 4.78 is 0. The smallest absolute Gasteiger partial charge is 0.326 e. The normalized spacial score (nSPS) is 12.1. The molecule has 0 spiro atoms. The van der Waals surface area contributed by atoms with Crippen molar-refractivity contribution in [3.8, 4) is 0 Å². The molecule has 0 aliphatic rings. The van der Waals surface area contributed by atoms with Gasteiger partial charge in [0.15, 0.2) is 0 Å². The van der Waals surface area contributed by atoms with E-state index in [1.54, 1.807) is 13.1 Å². The van der Waals surface area contributed by atoms with Crippen LogP contribution in [0.5, 0.6) is 0 Å². The van der Waals surface area contributed by atoms with Crippen LogP contribution < -0.4 is 27.6 Å². The van der Waals surface area contributed by atoms with E-state index in [0.29, 0.717) is 17.1 Å². The molecule has 170 valence electrons. The highest BCUT2D eigenvalue weighted by molar-refractivity contribution is 6.30. The molecule has 1 atom stereocenters. The number of nitrogens with one attached hydrogen (secondary N) is 5. The van der Waals surface area contributed by atoms with Crippen molar-refractivity contribution in [2.24, 2.45) is 0 Å². The van der Waals surface area contributed by atoms with Crippen molar-refractivity contribution in [2.45, 2.75) is 19.5 Å².